The maximum atomic E-state index is 14.6. The molecule has 2 aliphatic heterocycles. The summed E-state index contributed by atoms with van der Waals surface area (Å²) in [6.07, 6.45) is 3.74. The normalized spacial score (nSPS) is 18.0. The fourth-order valence-corrected chi connectivity index (χ4v) is 3.20. The van der Waals surface area contributed by atoms with Crippen molar-refractivity contribution in [2.45, 2.75) is 25.7 Å². The monoisotopic (exact) mass is 307 g/mol. The highest BCUT2D eigenvalue weighted by Gasteiger charge is 2.32. The highest BCUT2D eigenvalue weighted by Crippen LogP contribution is 2.33. The van der Waals surface area contributed by atoms with Crippen molar-refractivity contribution in [1.82, 2.24) is 4.90 Å². The fraction of sp³-hybridized carbons (Fsp3) is 0.533. The van der Waals surface area contributed by atoms with Crippen LogP contribution in [0.1, 0.15) is 36.0 Å². The molecule has 0 unspecified atom stereocenters. The number of nitrogens with zero attached hydrogens (tertiary/aromatic N) is 3. The predicted molar refractivity (Wildman–Crippen MR) is 79.6 cm³/mol. The van der Waals surface area contributed by atoms with E-state index >= 15 is 0 Å². The Balaban J connectivity index is 2.07. The zero-order valence-electron chi connectivity index (χ0n) is 12.3. The Hall–Kier alpha value is -2.18. The number of anilines is 1. The van der Waals surface area contributed by atoms with Gasteiger partial charge in [-0.3, -0.25) is 14.9 Å². The molecular weight excluding hydrogens is 289 g/mol. The van der Waals surface area contributed by atoms with E-state index in [0.29, 0.717) is 18.8 Å². The Morgan fingerprint density at radius 3 is 2.27 bits per heavy atom. The first-order valence-electron chi connectivity index (χ1n) is 7.60. The fourth-order valence-electron chi connectivity index (χ4n) is 3.20. The number of carbonyl (C=O) groups excluding carboxylic acids is 1. The van der Waals surface area contributed by atoms with Crippen LogP contribution in [0.3, 0.4) is 0 Å². The first-order chi connectivity index (χ1) is 10.6. The SMILES string of the molecule is O=C(c1c(N2CCCC2)ccc([N+](=O)[O-])c1F)N1CCCC1. The molecule has 2 fully saturated rings. The van der Waals surface area contributed by atoms with Gasteiger partial charge in [0.25, 0.3) is 5.91 Å². The molecule has 3 rings (SSSR count). The quantitative estimate of drug-likeness (QED) is 0.636. The summed E-state index contributed by atoms with van der Waals surface area (Å²) in [5, 5.41) is 11.0. The predicted octanol–water partition coefficient (Wildman–Crippen LogP) is 2.57. The van der Waals surface area contributed by atoms with Gasteiger partial charge >= 0.3 is 5.69 Å². The minimum atomic E-state index is -1.01. The number of amides is 1. The molecule has 1 aromatic rings. The van der Waals surface area contributed by atoms with Crippen molar-refractivity contribution in [2.24, 2.45) is 0 Å². The first kappa shape index (κ1) is 14.7. The lowest BCUT2D eigenvalue weighted by molar-refractivity contribution is -0.387. The van der Waals surface area contributed by atoms with Crippen molar-refractivity contribution in [3.63, 3.8) is 0 Å². The Bertz CT molecular complexity index is 608. The van der Waals surface area contributed by atoms with Crippen molar-refractivity contribution in [3.8, 4) is 0 Å². The van der Waals surface area contributed by atoms with Gasteiger partial charge in [0.2, 0.25) is 5.82 Å². The molecule has 2 saturated heterocycles. The molecule has 0 radical (unpaired) electrons. The van der Waals surface area contributed by atoms with E-state index in [0.717, 1.165) is 44.8 Å². The number of rotatable bonds is 3. The highest BCUT2D eigenvalue weighted by molar-refractivity contribution is 6.01. The van der Waals surface area contributed by atoms with Crippen LogP contribution in [-0.2, 0) is 0 Å². The van der Waals surface area contributed by atoms with Gasteiger partial charge in [0.1, 0.15) is 5.56 Å². The molecule has 0 N–H and O–H groups in total. The van der Waals surface area contributed by atoms with E-state index < -0.39 is 22.3 Å². The first-order valence-corrected chi connectivity index (χ1v) is 7.60. The Labute approximate surface area is 127 Å². The van der Waals surface area contributed by atoms with Gasteiger partial charge in [-0.25, -0.2) is 0 Å². The lowest BCUT2D eigenvalue weighted by atomic mass is 10.1. The third-order valence-electron chi connectivity index (χ3n) is 4.35. The smallest absolute Gasteiger partial charge is 0.305 e. The molecule has 0 spiro atoms. The van der Waals surface area contributed by atoms with Gasteiger partial charge in [-0.05, 0) is 31.7 Å². The lowest BCUT2D eigenvalue weighted by Crippen LogP contribution is -2.31. The van der Waals surface area contributed by atoms with Crippen LogP contribution in [-0.4, -0.2) is 41.9 Å². The molecule has 0 aliphatic carbocycles. The van der Waals surface area contributed by atoms with Gasteiger partial charge in [0, 0.05) is 32.2 Å². The number of nitro benzene ring substituents is 1. The van der Waals surface area contributed by atoms with Crippen LogP contribution in [0.2, 0.25) is 0 Å². The molecule has 118 valence electrons. The standard InChI is InChI=1S/C15H18FN3O3/c16-14-12(19(21)22)6-5-11(17-7-1-2-8-17)13(14)15(20)18-9-3-4-10-18/h5-6H,1-4,7-10H2. The van der Waals surface area contributed by atoms with Crippen molar-refractivity contribution >= 4 is 17.3 Å². The molecule has 0 saturated carbocycles. The number of hydrogen-bond donors (Lipinski definition) is 0. The largest absolute Gasteiger partial charge is 0.371 e. The Morgan fingerprint density at radius 2 is 1.68 bits per heavy atom. The molecule has 1 amide bonds. The van der Waals surface area contributed by atoms with E-state index in [-0.39, 0.29) is 5.56 Å². The zero-order valence-corrected chi connectivity index (χ0v) is 12.3. The Morgan fingerprint density at radius 1 is 1.09 bits per heavy atom. The molecule has 0 aromatic heterocycles. The number of halogens is 1. The maximum absolute atomic E-state index is 14.6. The summed E-state index contributed by atoms with van der Waals surface area (Å²) >= 11 is 0. The molecule has 22 heavy (non-hydrogen) atoms. The second kappa shape index (κ2) is 5.90. The minimum absolute atomic E-state index is 0.141. The van der Waals surface area contributed by atoms with Gasteiger partial charge in [0.05, 0.1) is 10.6 Å². The molecule has 7 heteroatoms. The van der Waals surface area contributed by atoms with Crippen molar-refractivity contribution in [3.05, 3.63) is 33.6 Å². The molecule has 6 nitrogen and oxygen atoms in total. The molecule has 2 heterocycles. The van der Waals surface area contributed by atoms with Gasteiger partial charge < -0.3 is 9.80 Å². The average molecular weight is 307 g/mol. The summed E-state index contributed by atoms with van der Waals surface area (Å²) in [6.45, 7) is 2.66. The van der Waals surface area contributed by atoms with Gasteiger partial charge in [-0.2, -0.15) is 4.39 Å². The van der Waals surface area contributed by atoms with Crippen LogP contribution in [0.5, 0.6) is 0 Å². The second-order valence-corrected chi connectivity index (χ2v) is 5.74. The summed E-state index contributed by atoms with van der Waals surface area (Å²) in [4.78, 5) is 26.4. The number of benzene rings is 1. The summed E-state index contributed by atoms with van der Waals surface area (Å²) in [6, 6.07) is 2.67. The van der Waals surface area contributed by atoms with E-state index in [4.69, 9.17) is 0 Å². The van der Waals surface area contributed by atoms with Crippen molar-refractivity contribution in [2.75, 3.05) is 31.1 Å². The third kappa shape index (κ3) is 2.51. The molecule has 2 aliphatic rings. The van der Waals surface area contributed by atoms with E-state index in [1.54, 1.807) is 4.90 Å². The van der Waals surface area contributed by atoms with Crippen molar-refractivity contribution < 1.29 is 14.1 Å². The minimum Gasteiger partial charge on any atom is -0.371 e. The average Bonchev–Trinajstić information content (AvgIpc) is 3.19. The van der Waals surface area contributed by atoms with E-state index in [1.165, 1.54) is 6.07 Å². The molecule has 1 aromatic carbocycles. The van der Waals surface area contributed by atoms with Gasteiger partial charge in [-0.15, -0.1) is 0 Å². The Kier molecular flexibility index (Phi) is 3.96. The molecule has 0 atom stereocenters. The molecule has 0 bridgehead atoms. The summed E-state index contributed by atoms with van der Waals surface area (Å²) < 4.78 is 14.6. The van der Waals surface area contributed by atoms with Crippen molar-refractivity contribution in [1.29, 1.82) is 0 Å². The van der Waals surface area contributed by atoms with Gasteiger partial charge in [-0.1, -0.05) is 0 Å². The zero-order chi connectivity index (χ0) is 15.7. The summed E-state index contributed by atoms with van der Waals surface area (Å²) in [5.41, 5.74) is -0.291. The van der Waals surface area contributed by atoms with Crippen LogP contribution < -0.4 is 4.90 Å². The number of likely N-dealkylation sites (tertiary alicyclic amines) is 1. The van der Waals surface area contributed by atoms with E-state index in [9.17, 15) is 19.3 Å². The summed E-state index contributed by atoms with van der Waals surface area (Å²) in [5.74, 6) is -1.44. The van der Waals surface area contributed by atoms with Gasteiger partial charge in [0.15, 0.2) is 0 Å². The number of carbonyl (C=O) groups is 1. The number of hydrogen-bond acceptors (Lipinski definition) is 4. The van der Waals surface area contributed by atoms with Crippen LogP contribution in [0, 0.1) is 15.9 Å². The second-order valence-electron chi connectivity index (χ2n) is 5.74. The van der Waals surface area contributed by atoms with E-state index in [2.05, 4.69) is 0 Å². The lowest BCUT2D eigenvalue weighted by Gasteiger charge is -2.24. The third-order valence-corrected chi connectivity index (χ3v) is 4.35. The van der Waals surface area contributed by atoms with Crippen LogP contribution in [0.15, 0.2) is 12.1 Å². The maximum Gasteiger partial charge on any atom is 0.305 e. The topological polar surface area (TPSA) is 66.7 Å². The summed E-state index contributed by atoms with van der Waals surface area (Å²) in [7, 11) is 0. The highest BCUT2D eigenvalue weighted by atomic mass is 19.1. The van der Waals surface area contributed by atoms with Crippen LogP contribution in [0.4, 0.5) is 15.8 Å². The molecular formula is C15H18FN3O3. The number of nitro groups is 1. The van der Waals surface area contributed by atoms with Crippen LogP contribution >= 0.6 is 0 Å². The van der Waals surface area contributed by atoms with E-state index in [1.807, 2.05) is 4.90 Å². The van der Waals surface area contributed by atoms with Crippen LogP contribution in [0.25, 0.3) is 0 Å².